The lowest BCUT2D eigenvalue weighted by Crippen LogP contribution is -1.90. The summed E-state index contributed by atoms with van der Waals surface area (Å²) in [6.07, 6.45) is 1.02. The fourth-order valence-electron chi connectivity index (χ4n) is 0.214. The van der Waals surface area contributed by atoms with Crippen LogP contribution >= 0.6 is 0 Å². The largest absolute Gasteiger partial charge is 0.481 e. The molecular weight excluding hydrogens is 104 g/mol. The fourth-order valence-corrected chi connectivity index (χ4v) is 0.214. The molecule has 0 aliphatic rings. The Kier molecular flexibility index (Phi) is 19.0. The number of aliphatic carboxylic acids is 1. The molecule has 1 N–H and O–H groups in total. The van der Waals surface area contributed by atoms with Gasteiger partial charge in [0, 0.05) is 6.42 Å². The first-order chi connectivity index (χ1) is 2.77. The van der Waals surface area contributed by atoms with Crippen LogP contribution in [0.1, 0.15) is 34.6 Å². The van der Waals surface area contributed by atoms with E-state index in [1.807, 2.05) is 6.92 Å². The van der Waals surface area contributed by atoms with E-state index in [-0.39, 0.29) is 14.9 Å². The van der Waals surface area contributed by atoms with Crippen LogP contribution in [0.3, 0.4) is 0 Å². The van der Waals surface area contributed by atoms with Gasteiger partial charge < -0.3 is 5.11 Å². The number of rotatable bonds is 2. The predicted molar refractivity (Wildman–Crippen MR) is 36.0 cm³/mol. The molecule has 52 valence electrons. The van der Waals surface area contributed by atoms with Crippen LogP contribution in [-0.4, -0.2) is 11.1 Å². The van der Waals surface area contributed by atoms with Gasteiger partial charge in [-0.2, -0.15) is 0 Å². The average molecular weight is 120 g/mol. The third-order valence-corrected chi connectivity index (χ3v) is 0.464. The Labute approximate surface area is 51.5 Å². The van der Waals surface area contributed by atoms with Gasteiger partial charge in [-0.25, -0.2) is 0 Å². The maximum absolute atomic E-state index is 9.60. The lowest BCUT2D eigenvalue weighted by molar-refractivity contribution is -0.137. The Bertz CT molecular complexity index is 50.5. The molecule has 0 amide bonds. The Morgan fingerprint density at radius 1 is 1.50 bits per heavy atom. The first-order valence-corrected chi connectivity index (χ1v) is 1.99. The summed E-state index contributed by atoms with van der Waals surface area (Å²) >= 11 is 0. The molecule has 0 aromatic rings. The van der Waals surface area contributed by atoms with Crippen molar-refractivity contribution in [3.05, 3.63) is 0 Å². The second-order valence-electron chi connectivity index (χ2n) is 1.14. The number of carboxylic acids is 1. The average Bonchev–Trinajstić information content (AvgIpc) is 1.35. The highest BCUT2D eigenvalue weighted by molar-refractivity contribution is 5.66. The van der Waals surface area contributed by atoms with Gasteiger partial charge in [-0.3, -0.25) is 4.79 Å². The van der Waals surface area contributed by atoms with Gasteiger partial charge in [0.05, 0.1) is 0 Å². The van der Waals surface area contributed by atoms with Crippen LogP contribution in [0.5, 0.6) is 0 Å². The standard InChI is InChI=1S/C4H8O2.2CH4/c1-2-3-4(5)6;;/h2-3H2,1H3,(H,5,6);2*1H4. The van der Waals surface area contributed by atoms with Crippen molar-refractivity contribution in [2.45, 2.75) is 34.6 Å². The maximum atomic E-state index is 9.60. The Morgan fingerprint density at radius 2 is 1.88 bits per heavy atom. The number of carbonyl (C=O) groups is 1. The van der Waals surface area contributed by atoms with Crippen molar-refractivity contribution in [3.8, 4) is 0 Å². The number of hydrogen-bond acceptors (Lipinski definition) is 1. The van der Waals surface area contributed by atoms with Crippen LogP contribution < -0.4 is 0 Å². The molecule has 0 spiro atoms. The summed E-state index contributed by atoms with van der Waals surface area (Å²) in [5.41, 5.74) is 0. The lowest BCUT2D eigenvalue weighted by atomic mass is 10.4. The van der Waals surface area contributed by atoms with Crippen LogP contribution in [0.2, 0.25) is 0 Å². The minimum Gasteiger partial charge on any atom is -0.481 e. The Morgan fingerprint density at radius 3 is 1.88 bits per heavy atom. The van der Waals surface area contributed by atoms with Gasteiger partial charge in [0.1, 0.15) is 0 Å². The highest BCUT2D eigenvalue weighted by atomic mass is 16.4. The van der Waals surface area contributed by atoms with Crippen molar-refractivity contribution in [2.24, 2.45) is 0 Å². The van der Waals surface area contributed by atoms with Crippen LogP contribution in [0.25, 0.3) is 0 Å². The second-order valence-corrected chi connectivity index (χ2v) is 1.14. The lowest BCUT2D eigenvalue weighted by Gasteiger charge is -1.79. The first-order valence-electron chi connectivity index (χ1n) is 1.99. The quantitative estimate of drug-likeness (QED) is 0.606. The minimum atomic E-state index is -0.711. The normalized spacial score (nSPS) is 6.12. The van der Waals surface area contributed by atoms with Crippen LogP contribution in [0.4, 0.5) is 0 Å². The minimum absolute atomic E-state index is 0. The molecule has 0 unspecified atom stereocenters. The van der Waals surface area contributed by atoms with Gasteiger partial charge in [-0.1, -0.05) is 21.8 Å². The van der Waals surface area contributed by atoms with Crippen molar-refractivity contribution in [1.82, 2.24) is 0 Å². The summed E-state index contributed by atoms with van der Waals surface area (Å²) in [5.74, 6) is -0.711. The van der Waals surface area contributed by atoms with E-state index in [4.69, 9.17) is 5.11 Å². The van der Waals surface area contributed by atoms with Gasteiger partial charge in [0.15, 0.2) is 0 Å². The summed E-state index contributed by atoms with van der Waals surface area (Å²) in [4.78, 5) is 9.60. The maximum Gasteiger partial charge on any atom is 0.303 e. The van der Waals surface area contributed by atoms with Crippen LogP contribution in [0, 0.1) is 0 Å². The SMILES string of the molecule is C.C.CCCC(=O)O. The zero-order chi connectivity index (χ0) is 4.99. The zero-order valence-corrected chi connectivity index (χ0v) is 3.77. The summed E-state index contributed by atoms with van der Waals surface area (Å²) in [7, 11) is 0. The van der Waals surface area contributed by atoms with E-state index in [0.29, 0.717) is 6.42 Å². The molecule has 0 aliphatic carbocycles. The molecule has 0 atom stereocenters. The van der Waals surface area contributed by atoms with E-state index in [2.05, 4.69) is 0 Å². The monoisotopic (exact) mass is 120 g/mol. The highest BCUT2D eigenvalue weighted by Crippen LogP contribution is 1.82. The second kappa shape index (κ2) is 9.69. The number of hydrogen-bond donors (Lipinski definition) is 1. The van der Waals surface area contributed by atoms with E-state index in [0.717, 1.165) is 6.42 Å². The molecular formula is C6H16O2. The molecule has 8 heavy (non-hydrogen) atoms. The van der Waals surface area contributed by atoms with E-state index in [1.165, 1.54) is 0 Å². The Hall–Kier alpha value is -0.530. The van der Waals surface area contributed by atoms with E-state index in [9.17, 15) is 4.79 Å². The summed E-state index contributed by atoms with van der Waals surface area (Å²) in [5, 5.41) is 7.91. The fraction of sp³-hybridized carbons (Fsp3) is 0.833. The first kappa shape index (κ1) is 15.6. The molecule has 0 saturated carbocycles. The molecule has 0 aromatic heterocycles. The van der Waals surface area contributed by atoms with Crippen molar-refractivity contribution in [3.63, 3.8) is 0 Å². The third kappa shape index (κ3) is 17.9. The van der Waals surface area contributed by atoms with E-state index >= 15 is 0 Å². The molecule has 0 bridgehead atoms. The highest BCUT2D eigenvalue weighted by Gasteiger charge is 1.87. The smallest absolute Gasteiger partial charge is 0.303 e. The topological polar surface area (TPSA) is 37.3 Å². The third-order valence-electron chi connectivity index (χ3n) is 0.464. The van der Waals surface area contributed by atoms with Gasteiger partial charge in [-0.05, 0) is 6.42 Å². The van der Waals surface area contributed by atoms with Gasteiger partial charge in [0.25, 0.3) is 0 Å². The van der Waals surface area contributed by atoms with Crippen molar-refractivity contribution in [2.75, 3.05) is 0 Å². The van der Waals surface area contributed by atoms with Crippen LogP contribution in [-0.2, 0) is 4.79 Å². The molecule has 0 fully saturated rings. The zero-order valence-electron chi connectivity index (χ0n) is 3.77. The molecule has 0 radical (unpaired) electrons. The number of carboxylic acid groups (broad SMARTS) is 1. The summed E-state index contributed by atoms with van der Waals surface area (Å²) in [6, 6.07) is 0. The van der Waals surface area contributed by atoms with Crippen LogP contribution in [0.15, 0.2) is 0 Å². The molecule has 0 heterocycles. The molecule has 0 saturated heterocycles. The molecule has 2 nitrogen and oxygen atoms in total. The van der Waals surface area contributed by atoms with Crippen molar-refractivity contribution < 1.29 is 9.90 Å². The van der Waals surface area contributed by atoms with Gasteiger partial charge in [0.2, 0.25) is 0 Å². The summed E-state index contributed by atoms with van der Waals surface area (Å²) < 4.78 is 0. The van der Waals surface area contributed by atoms with Crippen molar-refractivity contribution in [1.29, 1.82) is 0 Å². The van der Waals surface area contributed by atoms with Crippen molar-refractivity contribution >= 4 is 5.97 Å². The predicted octanol–water partition coefficient (Wildman–Crippen LogP) is 2.14. The summed E-state index contributed by atoms with van der Waals surface area (Å²) in [6.45, 7) is 1.84. The Balaban J connectivity index is -0.000000125. The molecule has 0 rings (SSSR count). The molecule has 0 aliphatic heterocycles. The van der Waals surface area contributed by atoms with Gasteiger partial charge >= 0.3 is 5.97 Å². The van der Waals surface area contributed by atoms with E-state index < -0.39 is 5.97 Å². The molecule has 0 aromatic carbocycles. The van der Waals surface area contributed by atoms with Gasteiger partial charge in [-0.15, -0.1) is 0 Å². The van der Waals surface area contributed by atoms with E-state index in [1.54, 1.807) is 0 Å². The molecule has 2 heteroatoms.